The Kier molecular flexibility index (Phi) is 5.67. The third-order valence-corrected chi connectivity index (χ3v) is 5.32. The van der Waals surface area contributed by atoms with Gasteiger partial charge in [-0.05, 0) is 32.8 Å². The maximum absolute atomic E-state index is 12.9. The number of rotatable bonds is 5. The number of amides is 1. The topological polar surface area (TPSA) is 84.7 Å². The Balaban J connectivity index is 1.67. The van der Waals surface area contributed by atoms with Crippen molar-refractivity contribution < 1.29 is 4.79 Å². The second-order valence-electron chi connectivity index (χ2n) is 7.82. The van der Waals surface area contributed by atoms with Gasteiger partial charge < -0.3 is 10.6 Å². The van der Waals surface area contributed by atoms with Crippen LogP contribution in [0, 0.1) is 0 Å². The molecule has 0 unspecified atom stereocenters. The molecule has 0 radical (unpaired) electrons. The van der Waals surface area contributed by atoms with Crippen molar-refractivity contribution in [3.63, 3.8) is 0 Å². The number of nitrogens with one attached hydrogen (secondary N) is 2. The highest BCUT2D eigenvalue weighted by Gasteiger charge is 2.20. The lowest BCUT2D eigenvalue weighted by atomic mass is 9.95. The zero-order valence-corrected chi connectivity index (χ0v) is 17.4. The average Bonchev–Trinajstić information content (AvgIpc) is 3.11. The molecule has 29 heavy (non-hydrogen) atoms. The van der Waals surface area contributed by atoms with Crippen LogP contribution in [0.2, 0.25) is 5.02 Å². The summed E-state index contributed by atoms with van der Waals surface area (Å²) in [6.45, 7) is 4.07. The van der Waals surface area contributed by atoms with E-state index in [-0.39, 0.29) is 18.0 Å². The van der Waals surface area contributed by atoms with E-state index < -0.39 is 0 Å². The molecule has 0 bridgehead atoms. The fraction of sp³-hybridized carbons (Fsp3) is 0.429. The van der Waals surface area contributed by atoms with E-state index in [1.807, 2.05) is 26.0 Å². The van der Waals surface area contributed by atoms with Crippen molar-refractivity contribution in [2.24, 2.45) is 0 Å². The Bertz CT molecular complexity index is 1030. The lowest BCUT2D eigenvalue weighted by molar-refractivity contribution is 0.0928. The number of nitrogens with zero attached hydrogens (tertiary/aromatic N) is 4. The monoisotopic (exact) mass is 412 g/mol. The normalized spacial score (nSPS) is 15.0. The van der Waals surface area contributed by atoms with Crippen molar-refractivity contribution in [1.29, 1.82) is 0 Å². The highest BCUT2D eigenvalue weighted by atomic mass is 35.5. The summed E-state index contributed by atoms with van der Waals surface area (Å²) in [5.74, 6) is 0.501. The number of carbonyl (C=O) groups is 1. The van der Waals surface area contributed by atoms with Gasteiger partial charge in [-0.3, -0.25) is 4.79 Å². The first-order valence-electron chi connectivity index (χ1n) is 10.1. The molecule has 2 N–H and O–H groups in total. The van der Waals surface area contributed by atoms with Crippen LogP contribution >= 0.6 is 11.6 Å². The van der Waals surface area contributed by atoms with Crippen LogP contribution in [0.4, 0.5) is 5.69 Å². The second-order valence-corrected chi connectivity index (χ2v) is 8.25. The van der Waals surface area contributed by atoms with Crippen LogP contribution in [-0.4, -0.2) is 37.7 Å². The molecule has 0 aromatic carbocycles. The summed E-state index contributed by atoms with van der Waals surface area (Å²) in [6, 6.07) is 4.06. The quantitative estimate of drug-likeness (QED) is 0.650. The first kappa shape index (κ1) is 19.6. The maximum atomic E-state index is 12.9. The van der Waals surface area contributed by atoms with Gasteiger partial charge in [-0.1, -0.05) is 30.9 Å². The van der Waals surface area contributed by atoms with Crippen molar-refractivity contribution in [3.8, 4) is 5.82 Å². The minimum absolute atomic E-state index is 0.0886. The third-order valence-electron chi connectivity index (χ3n) is 5.11. The lowest BCUT2D eigenvalue weighted by Gasteiger charge is -2.23. The van der Waals surface area contributed by atoms with Crippen LogP contribution in [0.5, 0.6) is 0 Å². The molecule has 3 heterocycles. The summed E-state index contributed by atoms with van der Waals surface area (Å²) in [6.07, 6.45) is 10.6. The molecule has 0 saturated heterocycles. The Morgan fingerprint density at radius 1 is 1.14 bits per heavy atom. The number of hydrogen-bond donors (Lipinski definition) is 2. The molecule has 1 aliphatic carbocycles. The Morgan fingerprint density at radius 3 is 2.69 bits per heavy atom. The molecule has 0 spiro atoms. The van der Waals surface area contributed by atoms with Crippen LogP contribution in [0.25, 0.3) is 16.9 Å². The Labute approximate surface area is 174 Å². The van der Waals surface area contributed by atoms with Gasteiger partial charge in [0.25, 0.3) is 5.91 Å². The van der Waals surface area contributed by atoms with Crippen LogP contribution in [-0.2, 0) is 0 Å². The standard InChI is InChI=1S/C21H25ClN6O/c1-13(2)26-18-9-19(28-20-14(10-25-28)8-15(22)11-24-20)23-12-17(18)21(29)27-16-6-4-3-5-7-16/h8-13,16H,3-7H2,1-2H3,(H,23,26)(H,27,29). The smallest absolute Gasteiger partial charge is 0.255 e. The van der Waals surface area contributed by atoms with Crippen LogP contribution in [0.3, 0.4) is 0 Å². The summed E-state index contributed by atoms with van der Waals surface area (Å²) >= 11 is 6.02. The third kappa shape index (κ3) is 4.34. The Morgan fingerprint density at radius 2 is 1.93 bits per heavy atom. The van der Waals surface area contributed by atoms with Crippen LogP contribution in [0.1, 0.15) is 56.3 Å². The van der Waals surface area contributed by atoms with Gasteiger partial charge in [0, 0.05) is 35.9 Å². The van der Waals surface area contributed by atoms with Crippen molar-refractivity contribution >= 4 is 34.2 Å². The molecule has 3 aromatic rings. The number of halogens is 1. The highest BCUT2D eigenvalue weighted by Crippen LogP contribution is 2.24. The fourth-order valence-electron chi connectivity index (χ4n) is 3.74. The van der Waals surface area contributed by atoms with Gasteiger partial charge in [0.2, 0.25) is 0 Å². The fourth-order valence-corrected chi connectivity index (χ4v) is 3.91. The predicted octanol–water partition coefficient (Wildman–Crippen LogP) is 4.35. The van der Waals surface area contributed by atoms with Crippen LogP contribution < -0.4 is 10.6 Å². The molecule has 152 valence electrons. The van der Waals surface area contributed by atoms with Crippen molar-refractivity contribution in [2.75, 3.05) is 5.32 Å². The van der Waals surface area contributed by atoms with E-state index in [1.54, 1.807) is 23.3 Å². The van der Waals surface area contributed by atoms with E-state index in [0.717, 1.165) is 23.9 Å². The highest BCUT2D eigenvalue weighted by molar-refractivity contribution is 6.31. The largest absolute Gasteiger partial charge is 0.382 e. The van der Waals surface area contributed by atoms with Crippen molar-refractivity contribution in [3.05, 3.63) is 41.3 Å². The molecular weight excluding hydrogens is 388 g/mol. The molecule has 1 aliphatic rings. The van der Waals surface area contributed by atoms with Gasteiger partial charge in [0.1, 0.15) is 0 Å². The molecule has 1 amide bonds. The first-order valence-corrected chi connectivity index (χ1v) is 10.5. The Hall–Kier alpha value is -2.67. The summed E-state index contributed by atoms with van der Waals surface area (Å²) in [4.78, 5) is 21.8. The van der Waals surface area contributed by atoms with Crippen molar-refractivity contribution in [1.82, 2.24) is 25.1 Å². The molecular formula is C21H25ClN6O. The van der Waals surface area contributed by atoms with E-state index in [0.29, 0.717) is 22.1 Å². The summed E-state index contributed by atoms with van der Waals surface area (Å²) in [5, 5.41) is 12.3. The maximum Gasteiger partial charge on any atom is 0.255 e. The van der Waals surface area contributed by atoms with E-state index in [9.17, 15) is 4.79 Å². The molecule has 0 atom stereocenters. The molecule has 3 aromatic heterocycles. The lowest BCUT2D eigenvalue weighted by Crippen LogP contribution is -2.36. The number of pyridine rings is 2. The number of hydrogen-bond acceptors (Lipinski definition) is 5. The zero-order valence-electron chi connectivity index (χ0n) is 16.7. The molecule has 8 heteroatoms. The van der Waals surface area contributed by atoms with E-state index in [2.05, 4.69) is 25.7 Å². The molecule has 4 rings (SSSR count). The number of fused-ring (bicyclic) bond motifs is 1. The average molecular weight is 413 g/mol. The van der Waals surface area contributed by atoms with Gasteiger partial charge in [-0.25, -0.2) is 9.97 Å². The minimum Gasteiger partial charge on any atom is -0.382 e. The molecule has 7 nitrogen and oxygen atoms in total. The zero-order chi connectivity index (χ0) is 20.4. The number of aromatic nitrogens is 4. The van der Waals surface area contributed by atoms with Gasteiger partial charge in [-0.15, -0.1) is 0 Å². The van der Waals surface area contributed by atoms with Gasteiger partial charge in [0.15, 0.2) is 11.5 Å². The first-order chi connectivity index (χ1) is 14.0. The second kappa shape index (κ2) is 8.37. The summed E-state index contributed by atoms with van der Waals surface area (Å²) in [5.41, 5.74) is 1.94. The van der Waals surface area contributed by atoms with Gasteiger partial charge in [0.05, 0.1) is 22.5 Å². The minimum atomic E-state index is -0.0886. The number of carbonyl (C=O) groups excluding carboxylic acids is 1. The van der Waals surface area contributed by atoms with Crippen molar-refractivity contribution in [2.45, 2.75) is 58.0 Å². The van der Waals surface area contributed by atoms with E-state index in [1.165, 1.54) is 19.3 Å². The van der Waals surface area contributed by atoms with Gasteiger partial charge in [-0.2, -0.15) is 9.78 Å². The predicted molar refractivity (Wildman–Crippen MR) is 115 cm³/mol. The van der Waals surface area contributed by atoms with Gasteiger partial charge >= 0.3 is 0 Å². The molecule has 0 aliphatic heterocycles. The van der Waals surface area contributed by atoms with E-state index >= 15 is 0 Å². The molecule has 1 saturated carbocycles. The van der Waals surface area contributed by atoms with Crippen LogP contribution in [0.15, 0.2) is 30.7 Å². The SMILES string of the molecule is CC(C)Nc1cc(-n2ncc3cc(Cl)cnc32)ncc1C(=O)NC1CCCCC1. The van der Waals surface area contributed by atoms with E-state index in [4.69, 9.17) is 11.6 Å². The number of anilines is 1. The summed E-state index contributed by atoms with van der Waals surface area (Å²) in [7, 11) is 0. The molecule has 1 fully saturated rings. The summed E-state index contributed by atoms with van der Waals surface area (Å²) < 4.78 is 1.65.